The van der Waals surface area contributed by atoms with Gasteiger partial charge in [0.05, 0.1) is 49.3 Å². The van der Waals surface area contributed by atoms with E-state index in [1.54, 1.807) is 20.5 Å². The number of imidazole rings is 1. The third-order valence-electron chi connectivity index (χ3n) is 5.03. The first-order chi connectivity index (χ1) is 15.0. The number of aryl methyl sites for hydroxylation is 2. The molecular formula is C23H23N3O4S. The van der Waals surface area contributed by atoms with Crippen LogP contribution in [0.25, 0.3) is 21.6 Å². The van der Waals surface area contributed by atoms with Gasteiger partial charge < -0.3 is 18.8 Å². The van der Waals surface area contributed by atoms with Gasteiger partial charge in [-0.25, -0.2) is 9.97 Å². The minimum absolute atomic E-state index is 0.174. The molecule has 8 heteroatoms. The third-order valence-corrected chi connectivity index (χ3v) is 6.22. The second kappa shape index (κ2) is 8.77. The largest absolute Gasteiger partial charge is 0.497 e. The number of ether oxygens (including phenoxy) is 3. The Morgan fingerprint density at radius 3 is 2.74 bits per heavy atom. The number of thiazole rings is 1. The van der Waals surface area contributed by atoms with Crippen LogP contribution in [-0.4, -0.2) is 34.7 Å². The lowest BCUT2D eigenvalue weighted by Gasteiger charge is -2.08. The number of rotatable bonds is 7. The van der Waals surface area contributed by atoms with E-state index in [4.69, 9.17) is 14.2 Å². The lowest BCUT2D eigenvalue weighted by molar-refractivity contribution is -0.144. The van der Waals surface area contributed by atoms with Crippen LogP contribution in [-0.2, 0) is 29.6 Å². The van der Waals surface area contributed by atoms with Gasteiger partial charge in [-0.15, -0.1) is 11.3 Å². The van der Waals surface area contributed by atoms with Gasteiger partial charge in [-0.1, -0.05) is 6.07 Å². The van der Waals surface area contributed by atoms with E-state index < -0.39 is 0 Å². The second-order valence-electron chi connectivity index (χ2n) is 7.11. The lowest BCUT2D eigenvalue weighted by Crippen LogP contribution is -2.07. The van der Waals surface area contributed by atoms with Crippen molar-refractivity contribution in [1.29, 1.82) is 0 Å². The van der Waals surface area contributed by atoms with Gasteiger partial charge in [0.1, 0.15) is 23.1 Å². The normalized spacial score (nSPS) is 11.0. The van der Waals surface area contributed by atoms with Crippen LogP contribution in [0.5, 0.6) is 11.5 Å². The van der Waals surface area contributed by atoms with E-state index in [-0.39, 0.29) is 19.0 Å². The monoisotopic (exact) mass is 437 g/mol. The molecule has 31 heavy (non-hydrogen) atoms. The average molecular weight is 438 g/mol. The number of methoxy groups -OCH3 is 2. The topological polar surface area (TPSA) is 75.5 Å². The molecule has 0 N–H and O–H groups in total. The molecule has 2 heterocycles. The van der Waals surface area contributed by atoms with Crippen molar-refractivity contribution in [2.75, 3.05) is 14.2 Å². The van der Waals surface area contributed by atoms with Gasteiger partial charge in [-0.3, -0.25) is 4.79 Å². The Morgan fingerprint density at radius 2 is 1.97 bits per heavy atom. The number of fused-ring (bicyclic) bond motifs is 1. The van der Waals surface area contributed by atoms with E-state index in [0.717, 1.165) is 37.7 Å². The molecule has 0 radical (unpaired) electrons. The van der Waals surface area contributed by atoms with Crippen LogP contribution in [0.15, 0.2) is 42.7 Å². The summed E-state index contributed by atoms with van der Waals surface area (Å²) in [4.78, 5) is 22.3. The van der Waals surface area contributed by atoms with Crippen molar-refractivity contribution in [1.82, 2.24) is 14.5 Å². The molecule has 0 aliphatic rings. The van der Waals surface area contributed by atoms with E-state index in [2.05, 4.69) is 9.97 Å². The van der Waals surface area contributed by atoms with Gasteiger partial charge in [0, 0.05) is 18.0 Å². The Balaban J connectivity index is 1.44. The van der Waals surface area contributed by atoms with Crippen LogP contribution < -0.4 is 9.47 Å². The Bertz CT molecular complexity index is 1250. The predicted molar refractivity (Wildman–Crippen MR) is 120 cm³/mol. The fourth-order valence-electron chi connectivity index (χ4n) is 3.30. The van der Waals surface area contributed by atoms with Crippen molar-refractivity contribution in [3.8, 4) is 22.1 Å². The SMILES string of the molecule is COc1ccc(-c2nc(C)c(CC(=O)OCc3ccc4c(c3)ncn4C)s2)c(OC)c1. The van der Waals surface area contributed by atoms with E-state index >= 15 is 0 Å². The Labute approximate surface area is 184 Å². The maximum atomic E-state index is 12.5. The zero-order valence-corrected chi connectivity index (χ0v) is 18.7. The van der Waals surface area contributed by atoms with Crippen LogP contribution in [0.1, 0.15) is 16.1 Å². The standard InChI is InChI=1S/C23H23N3O4S/c1-14-21(31-23(25-14)17-7-6-16(28-3)10-20(17)29-4)11-22(27)30-12-15-5-8-19-18(9-15)24-13-26(19)2/h5-10,13H,11-12H2,1-4H3. The summed E-state index contributed by atoms with van der Waals surface area (Å²) in [6, 6.07) is 11.5. The van der Waals surface area contributed by atoms with Gasteiger partial charge in [0.2, 0.25) is 0 Å². The van der Waals surface area contributed by atoms with Crippen LogP contribution in [0, 0.1) is 6.92 Å². The molecule has 0 atom stereocenters. The average Bonchev–Trinajstić information content (AvgIpc) is 3.33. The van der Waals surface area contributed by atoms with Crippen LogP contribution >= 0.6 is 11.3 Å². The molecule has 0 aliphatic heterocycles. The van der Waals surface area contributed by atoms with E-state index in [0.29, 0.717) is 11.5 Å². The number of hydrogen-bond donors (Lipinski definition) is 0. The molecular weight excluding hydrogens is 414 g/mol. The summed E-state index contributed by atoms with van der Waals surface area (Å²) in [5.74, 6) is 1.09. The summed E-state index contributed by atoms with van der Waals surface area (Å²) in [7, 11) is 5.17. The molecule has 0 spiro atoms. The Hall–Kier alpha value is -3.39. The predicted octanol–water partition coefficient (Wildman–Crippen LogP) is 4.31. The highest BCUT2D eigenvalue weighted by molar-refractivity contribution is 7.15. The van der Waals surface area contributed by atoms with Gasteiger partial charge in [0.25, 0.3) is 0 Å². The molecule has 4 aromatic rings. The number of carbonyl (C=O) groups excluding carboxylic acids is 1. The summed E-state index contributed by atoms with van der Waals surface area (Å²) in [5, 5.41) is 0.792. The first-order valence-electron chi connectivity index (χ1n) is 9.72. The zero-order chi connectivity index (χ0) is 22.0. The number of benzene rings is 2. The summed E-state index contributed by atoms with van der Waals surface area (Å²) in [6.45, 7) is 2.11. The highest BCUT2D eigenvalue weighted by atomic mass is 32.1. The molecule has 0 saturated carbocycles. The molecule has 160 valence electrons. The van der Waals surface area contributed by atoms with Crippen molar-refractivity contribution < 1.29 is 19.0 Å². The van der Waals surface area contributed by atoms with Crippen LogP contribution in [0.3, 0.4) is 0 Å². The maximum absolute atomic E-state index is 12.5. The van der Waals surface area contributed by atoms with Crippen LogP contribution in [0.4, 0.5) is 0 Å². The van der Waals surface area contributed by atoms with Crippen molar-refractivity contribution in [3.63, 3.8) is 0 Å². The number of nitrogens with zero attached hydrogens (tertiary/aromatic N) is 3. The fraction of sp³-hybridized carbons (Fsp3) is 0.261. The van der Waals surface area contributed by atoms with Gasteiger partial charge in [0.15, 0.2) is 0 Å². The lowest BCUT2D eigenvalue weighted by atomic mass is 10.2. The third kappa shape index (κ3) is 4.39. The fourth-order valence-corrected chi connectivity index (χ4v) is 4.38. The molecule has 0 bridgehead atoms. The number of carbonyl (C=O) groups is 1. The summed E-state index contributed by atoms with van der Waals surface area (Å²) in [5.41, 5.74) is 4.50. The minimum Gasteiger partial charge on any atom is -0.497 e. The summed E-state index contributed by atoms with van der Waals surface area (Å²) in [6.07, 6.45) is 1.94. The molecule has 0 unspecified atom stereocenters. The van der Waals surface area contributed by atoms with Crippen molar-refractivity contribution in [2.45, 2.75) is 20.0 Å². The van der Waals surface area contributed by atoms with Gasteiger partial charge in [-0.2, -0.15) is 0 Å². The van der Waals surface area contributed by atoms with E-state index in [9.17, 15) is 4.79 Å². The quantitative estimate of drug-likeness (QED) is 0.401. The minimum atomic E-state index is -0.291. The molecule has 0 amide bonds. The second-order valence-corrected chi connectivity index (χ2v) is 8.19. The van der Waals surface area contributed by atoms with Crippen molar-refractivity contribution >= 4 is 28.3 Å². The molecule has 0 aliphatic carbocycles. The maximum Gasteiger partial charge on any atom is 0.311 e. The number of aromatic nitrogens is 3. The van der Waals surface area contributed by atoms with Crippen LogP contribution in [0.2, 0.25) is 0 Å². The molecule has 0 saturated heterocycles. The smallest absolute Gasteiger partial charge is 0.311 e. The Morgan fingerprint density at radius 1 is 1.13 bits per heavy atom. The van der Waals surface area contributed by atoms with E-state index in [1.807, 2.05) is 54.9 Å². The van der Waals surface area contributed by atoms with Crippen molar-refractivity contribution in [3.05, 3.63) is 58.9 Å². The molecule has 2 aromatic carbocycles. The first-order valence-corrected chi connectivity index (χ1v) is 10.5. The van der Waals surface area contributed by atoms with Gasteiger partial charge in [-0.05, 0) is 36.8 Å². The first kappa shape index (κ1) is 20.9. The number of esters is 1. The summed E-state index contributed by atoms with van der Waals surface area (Å²) >= 11 is 1.46. The summed E-state index contributed by atoms with van der Waals surface area (Å²) < 4.78 is 18.2. The molecule has 0 fully saturated rings. The van der Waals surface area contributed by atoms with Crippen molar-refractivity contribution in [2.24, 2.45) is 7.05 Å². The number of hydrogen-bond acceptors (Lipinski definition) is 7. The molecule has 7 nitrogen and oxygen atoms in total. The zero-order valence-electron chi connectivity index (χ0n) is 17.8. The highest BCUT2D eigenvalue weighted by Crippen LogP contribution is 2.36. The Kier molecular flexibility index (Phi) is 5.90. The van der Waals surface area contributed by atoms with Gasteiger partial charge >= 0.3 is 5.97 Å². The highest BCUT2D eigenvalue weighted by Gasteiger charge is 2.17. The molecule has 4 rings (SSSR count). The van der Waals surface area contributed by atoms with E-state index in [1.165, 1.54) is 11.3 Å². The molecule has 2 aromatic heterocycles.